The second kappa shape index (κ2) is 10.6. The summed E-state index contributed by atoms with van der Waals surface area (Å²) in [6.07, 6.45) is -2.27. The van der Waals surface area contributed by atoms with Gasteiger partial charge in [0.25, 0.3) is 0 Å². The third kappa shape index (κ3) is 8.52. The van der Waals surface area contributed by atoms with Gasteiger partial charge in [0.05, 0.1) is 11.3 Å². The molecule has 1 saturated heterocycles. The Morgan fingerprint density at radius 3 is 2.46 bits per heavy atom. The molecule has 6 nitrogen and oxygen atoms in total. The summed E-state index contributed by atoms with van der Waals surface area (Å²) >= 11 is 0. The Kier molecular flexibility index (Phi) is 9.47. The van der Waals surface area contributed by atoms with Crippen LogP contribution in [0.4, 0.5) is 13.2 Å². The second-order valence-corrected chi connectivity index (χ2v) is 8.95. The zero-order chi connectivity index (χ0) is 20.1. The van der Waals surface area contributed by atoms with Crippen molar-refractivity contribution in [2.45, 2.75) is 25.2 Å². The average Bonchev–Trinajstić information content (AvgIpc) is 2.99. The van der Waals surface area contributed by atoms with Crippen molar-refractivity contribution in [1.82, 2.24) is 15.5 Å². The number of nitrogens with one attached hydrogen (secondary N) is 2. The molecule has 1 aromatic rings. The summed E-state index contributed by atoms with van der Waals surface area (Å²) in [5.74, 6) is 0.568. The molecule has 0 aromatic heterocycles. The SMILES string of the molecule is CN=C(NCCS(C)(=O)=O)NC1CCN(Cc2ccc(C(F)(F)F)cc2)C1.I. The highest BCUT2D eigenvalue weighted by molar-refractivity contribution is 14.0. The van der Waals surface area contributed by atoms with Gasteiger partial charge < -0.3 is 10.6 Å². The molecule has 2 rings (SSSR count). The predicted molar refractivity (Wildman–Crippen MR) is 115 cm³/mol. The Hall–Kier alpha value is -1.08. The molecular formula is C17H26F3IN4O2S. The van der Waals surface area contributed by atoms with Crippen LogP contribution in [-0.4, -0.2) is 64.0 Å². The standard InChI is InChI=1S/C17H25F3N4O2S.HI/c1-21-16(22-8-10-27(2,25)26)23-15-7-9-24(12-15)11-13-3-5-14(6-4-13)17(18,19)20;/h3-6,15H,7-12H2,1-2H3,(H2,21,22,23);1H. The summed E-state index contributed by atoms with van der Waals surface area (Å²) in [4.78, 5) is 6.24. The summed E-state index contributed by atoms with van der Waals surface area (Å²) in [5.41, 5.74) is 0.190. The fourth-order valence-electron chi connectivity index (χ4n) is 2.89. The van der Waals surface area contributed by atoms with Crippen molar-refractivity contribution in [3.05, 3.63) is 35.4 Å². The number of sulfone groups is 1. The lowest BCUT2D eigenvalue weighted by Gasteiger charge is -2.19. The number of likely N-dealkylation sites (tertiary alicyclic amines) is 1. The molecule has 0 bridgehead atoms. The molecule has 1 fully saturated rings. The van der Waals surface area contributed by atoms with E-state index in [1.54, 1.807) is 7.05 Å². The van der Waals surface area contributed by atoms with E-state index in [4.69, 9.17) is 0 Å². The fourth-order valence-corrected chi connectivity index (χ4v) is 3.37. The molecule has 1 heterocycles. The molecule has 2 N–H and O–H groups in total. The van der Waals surface area contributed by atoms with E-state index in [9.17, 15) is 21.6 Å². The average molecular weight is 534 g/mol. The van der Waals surface area contributed by atoms with Crippen molar-refractivity contribution >= 4 is 39.8 Å². The van der Waals surface area contributed by atoms with Gasteiger partial charge in [-0.2, -0.15) is 13.2 Å². The molecule has 1 aliphatic heterocycles. The first-order valence-electron chi connectivity index (χ1n) is 8.60. The van der Waals surface area contributed by atoms with Gasteiger partial charge in [0.1, 0.15) is 9.84 Å². The normalized spacial score (nSPS) is 18.6. The minimum atomic E-state index is -4.32. The van der Waals surface area contributed by atoms with E-state index in [1.807, 2.05) is 0 Å². The first-order valence-corrected chi connectivity index (χ1v) is 10.7. The predicted octanol–water partition coefficient (Wildman–Crippen LogP) is 2.11. The Morgan fingerprint density at radius 2 is 1.93 bits per heavy atom. The van der Waals surface area contributed by atoms with E-state index in [0.717, 1.165) is 37.2 Å². The number of alkyl halides is 3. The number of hydrogen-bond acceptors (Lipinski definition) is 4. The van der Waals surface area contributed by atoms with Crippen LogP contribution in [0.1, 0.15) is 17.5 Å². The summed E-state index contributed by atoms with van der Waals surface area (Å²) in [5, 5.41) is 6.22. The van der Waals surface area contributed by atoms with Crippen LogP contribution in [0, 0.1) is 0 Å². The van der Waals surface area contributed by atoms with Crippen LogP contribution < -0.4 is 10.6 Å². The van der Waals surface area contributed by atoms with Crippen molar-refractivity contribution in [3.8, 4) is 0 Å². The van der Waals surface area contributed by atoms with Crippen LogP contribution in [-0.2, 0) is 22.6 Å². The Labute approximate surface area is 180 Å². The molecule has 0 spiro atoms. The summed E-state index contributed by atoms with van der Waals surface area (Å²) < 4.78 is 60.2. The van der Waals surface area contributed by atoms with E-state index >= 15 is 0 Å². The van der Waals surface area contributed by atoms with Crippen LogP contribution in [0.25, 0.3) is 0 Å². The summed E-state index contributed by atoms with van der Waals surface area (Å²) in [6, 6.07) is 5.37. The maximum absolute atomic E-state index is 12.6. The highest BCUT2D eigenvalue weighted by Gasteiger charge is 2.30. The zero-order valence-corrected chi connectivity index (χ0v) is 18.9. The molecule has 0 radical (unpaired) electrons. The highest BCUT2D eigenvalue weighted by Crippen LogP contribution is 2.29. The van der Waals surface area contributed by atoms with E-state index in [1.165, 1.54) is 18.4 Å². The third-order valence-corrected chi connectivity index (χ3v) is 5.24. The molecule has 0 saturated carbocycles. The van der Waals surface area contributed by atoms with E-state index in [2.05, 4.69) is 20.5 Å². The monoisotopic (exact) mass is 534 g/mol. The molecule has 28 heavy (non-hydrogen) atoms. The van der Waals surface area contributed by atoms with Gasteiger partial charge in [0, 0.05) is 45.5 Å². The maximum Gasteiger partial charge on any atom is 0.416 e. The van der Waals surface area contributed by atoms with Crippen molar-refractivity contribution in [2.75, 3.05) is 38.7 Å². The molecular weight excluding hydrogens is 508 g/mol. The second-order valence-electron chi connectivity index (χ2n) is 6.69. The number of rotatable bonds is 6. The van der Waals surface area contributed by atoms with E-state index in [-0.39, 0.29) is 42.3 Å². The molecule has 0 amide bonds. The lowest BCUT2D eigenvalue weighted by Crippen LogP contribution is -2.45. The molecule has 160 valence electrons. The van der Waals surface area contributed by atoms with Gasteiger partial charge in [-0.1, -0.05) is 12.1 Å². The highest BCUT2D eigenvalue weighted by atomic mass is 127. The number of benzene rings is 1. The summed E-state index contributed by atoms with van der Waals surface area (Å²) in [6.45, 7) is 2.41. The largest absolute Gasteiger partial charge is 0.416 e. The van der Waals surface area contributed by atoms with Gasteiger partial charge in [-0.05, 0) is 24.1 Å². The van der Waals surface area contributed by atoms with Gasteiger partial charge in [-0.25, -0.2) is 8.42 Å². The van der Waals surface area contributed by atoms with Gasteiger partial charge in [-0.15, -0.1) is 24.0 Å². The molecule has 1 atom stereocenters. The number of hydrogen-bond donors (Lipinski definition) is 2. The Bertz CT molecular complexity index is 755. The minimum absolute atomic E-state index is 0. The van der Waals surface area contributed by atoms with Crippen LogP contribution >= 0.6 is 24.0 Å². The topological polar surface area (TPSA) is 73.8 Å². The fraction of sp³-hybridized carbons (Fsp3) is 0.588. The number of nitrogens with zero attached hydrogens (tertiary/aromatic N) is 2. The number of guanidine groups is 1. The lowest BCUT2D eigenvalue weighted by molar-refractivity contribution is -0.137. The first-order chi connectivity index (χ1) is 12.6. The molecule has 11 heteroatoms. The first kappa shape index (κ1) is 25.0. The van der Waals surface area contributed by atoms with Gasteiger partial charge >= 0.3 is 6.18 Å². The minimum Gasteiger partial charge on any atom is -0.355 e. The van der Waals surface area contributed by atoms with Crippen LogP contribution in [0.2, 0.25) is 0 Å². The van der Waals surface area contributed by atoms with Crippen molar-refractivity contribution in [3.63, 3.8) is 0 Å². The number of halogens is 4. The molecule has 1 aliphatic rings. The molecule has 0 aliphatic carbocycles. The Morgan fingerprint density at radius 1 is 1.29 bits per heavy atom. The van der Waals surface area contributed by atoms with Crippen LogP contribution in [0.15, 0.2) is 29.3 Å². The Balaban J connectivity index is 0.00000392. The van der Waals surface area contributed by atoms with Gasteiger partial charge in [-0.3, -0.25) is 9.89 Å². The molecule has 1 unspecified atom stereocenters. The zero-order valence-electron chi connectivity index (χ0n) is 15.8. The van der Waals surface area contributed by atoms with Crippen molar-refractivity contribution in [2.24, 2.45) is 4.99 Å². The van der Waals surface area contributed by atoms with Crippen molar-refractivity contribution < 1.29 is 21.6 Å². The quantitative estimate of drug-likeness (QED) is 0.333. The lowest BCUT2D eigenvalue weighted by atomic mass is 10.1. The molecule has 1 aromatic carbocycles. The smallest absolute Gasteiger partial charge is 0.355 e. The third-order valence-electron chi connectivity index (χ3n) is 4.29. The van der Waals surface area contributed by atoms with Crippen LogP contribution in [0.3, 0.4) is 0 Å². The summed E-state index contributed by atoms with van der Waals surface area (Å²) in [7, 11) is -1.42. The van der Waals surface area contributed by atoms with Crippen LogP contribution in [0.5, 0.6) is 0 Å². The van der Waals surface area contributed by atoms with Gasteiger partial charge in [0.15, 0.2) is 5.96 Å². The van der Waals surface area contributed by atoms with Crippen molar-refractivity contribution in [1.29, 1.82) is 0 Å². The maximum atomic E-state index is 12.6. The van der Waals surface area contributed by atoms with E-state index in [0.29, 0.717) is 12.5 Å². The number of aliphatic imine (C=N–C) groups is 1. The van der Waals surface area contributed by atoms with Gasteiger partial charge in [0.2, 0.25) is 0 Å². The van der Waals surface area contributed by atoms with E-state index < -0.39 is 21.6 Å².